The Morgan fingerprint density at radius 2 is 1.75 bits per heavy atom. The van der Waals surface area contributed by atoms with Gasteiger partial charge in [-0.1, -0.05) is 42.0 Å². The summed E-state index contributed by atoms with van der Waals surface area (Å²) in [6.45, 7) is 7.24. The number of aryl methyl sites for hydroxylation is 2. The van der Waals surface area contributed by atoms with Crippen LogP contribution in [0.3, 0.4) is 0 Å². The van der Waals surface area contributed by atoms with Gasteiger partial charge in [0, 0.05) is 12.6 Å². The average Bonchev–Trinajstić information content (AvgIpc) is 2.45. The lowest BCUT2D eigenvalue weighted by Gasteiger charge is -2.15. The summed E-state index contributed by atoms with van der Waals surface area (Å²) in [7, 11) is 1.71. The summed E-state index contributed by atoms with van der Waals surface area (Å²) >= 11 is 0. The van der Waals surface area contributed by atoms with Crippen molar-refractivity contribution in [2.45, 2.75) is 33.4 Å². The van der Waals surface area contributed by atoms with Crippen molar-refractivity contribution >= 4 is 0 Å². The second-order valence-corrected chi connectivity index (χ2v) is 5.32. The summed E-state index contributed by atoms with van der Waals surface area (Å²) in [5.41, 5.74) is 5.07. The maximum absolute atomic E-state index is 5.29. The van der Waals surface area contributed by atoms with Crippen LogP contribution >= 0.6 is 0 Å². The fraction of sp³-hybridized carbons (Fsp3) is 0.333. The summed E-state index contributed by atoms with van der Waals surface area (Å²) < 4.78 is 5.29. The number of ether oxygens (including phenoxy) is 1. The summed E-state index contributed by atoms with van der Waals surface area (Å²) in [5, 5.41) is 3.56. The van der Waals surface area contributed by atoms with Crippen molar-refractivity contribution in [2.75, 3.05) is 7.11 Å². The van der Waals surface area contributed by atoms with Crippen LogP contribution in [0, 0.1) is 13.8 Å². The third-order valence-electron chi connectivity index (χ3n) is 3.65. The van der Waals surface area contributed by atoms with Crippen molar-refractivity contribution in [3.63, 3.8) is 0 Å². The maximum atomic E-state index is 5.29. The Morgan fingerprint density at radius 1 is 1.05 bits per heavy atom. The van der Waals surface area contributed by atoms with Gasteiger partial charge < -0.3 is 10.1 Å². The van der Waals surface area contributed by atoms with E-state index in [4.69, 9.17) is 4.74 Å². The minimum absolute atomic E-state index is 0.345. The molecule has 2 aromatic rings. The molecular weight excluding hydrogens is 246 g/mol. The van der Waals surface area contributed by atoms with Crippen LogP contribution < -0.4 is 10.1 Å². The van der Waals surface area contributed by atoms with Crippen molar-refractivity contribution < 1.29 is 4.74 Å². The smallest absolute Gasteiger partial charge is 0.121 e. The van der Waals surface area contributed by atoms with E-state index < -0.39 is 0 Å². The summed E-state index contributed by atoms with van der Waals surface area (Å²) in [5.74, 6) is 0.945. The minimum atomic E-state index is 0.345. The molecule has 1 unspecified atom stereocenters. The van der Waals surface area contributed by atoms with Gasteiger partial charge in [0.2, 0.25) is 0 Å². The molecule has 0 aliphatic carbocycles. The Morgan fingerprint density at radius 3 is 2.35 bits per heavy atom. The van der Waals surface area contributed by atoms with Crippen LogP contribution in [0.4, 0.5) is 0 Å². The molecule has 0 fully saturated rings. The van der Waals surface area contributed by atoms with Crippen LogP contribution in [-0.2, 0) is 6.54 Å². The van der Waals surface area contributed by atoms with Gasteiger partial charge in [0.25, 0.3) is 0 Å². The molecule has 2 nitrogen and oxygen atoms in total. The predicted molar refractivity (Wildman–Crippen MR) is 84.2 cm³/mol. The molecule has 2 heteroatoms. The quantitative estimate of drug-likeness (QED) is 0.880. The molecule has 0 heterocycles. The van der Waals surface area contributed by atoms with E-state index in [2.05, 4.69) is 62.5 Å². The fourth-order valence-electron chi connectivity index (χ4n) is 2.29. The van der Waals surface area contributed by atoms with Crippen molar-refractivity contribution in [3.8, 4) is 5.75 Å². The van der Waals surface area contributed by atoms with Gasteiger partial charge in [-0.05, 0) is 43.5 Å². The van der Waals surface area contributed by atoms with Gasteiger partial charge in [-0.2, -0.15) is 0 Å². The molecule has 0 radical (unpaired) electrons. The summed E-state index contributed by atoms with van der Waals surface area (Å²) in [4.78, 5) is 0. The first-order valence-electron chi connectivity index (χ1n) is 7.03. The van der Waals surface area contributed by atoms with Gasteiger partial charge >= 0.3 is 0 Å². The first-order valence-corrected chi connectivity index (χ1v) is 7.03. The highest BCUT2D eigenvalue weighted by molar-refractivity contribution is 5.36. The second kappa shape index (κ2) is 6.58. The maximum Gasteiger partial charge on any atom is 0.121 e. The zero-order chi connectivity index (χ0) is 14.5. The lowest BCUT2D eigenvalue weighted by atomic mass is 10.1. The van der Waals surface area contributed by atoms with Crippen LogP contribution in [-0.4, -0.2) is 7.11 Å². The number of nitrogens with one attached hydrogen (secondary N) is 1. The van der Waals surface area contributed by atoms with E-state index in [1.165, 1.54) is 22.3 Å². The third kappa shape index (κ3) is 3.61. The van der Waals surface area contributed by atoms with E-state index in [9.17, 15) is 0 Å². The number of hydrogen-bond acceptors (Lipinski definition) is 2. The molecule has 0 amide bonds. The van der Waals surface area contributed by atoms with Gasteiger partial charge in [-0.3, -0.25) is 0 Å². The van der Waals surface area contributed by atoms with Gasteiger partial charge in [-0.25, -0.2) is 0 Å². The zero-order valence-corrected chi connectivity index (χ0v) is 12.7. The lowest BCUT2D eigenvalue weighted by molar-refractivity contribution is 0.411. The lowest BCUT2D eigenvalue weighted by Crippen LogP contribution is -2.18. The Hall–Kier alpha value is -1.80. The van der Waals surface area contributed by atoms with Gasteiger partial charge in [0.15, 0.2) is 0 Å². The first kappa shape index (κ1) is 14.6. The van der Waals surface area contributed by atoms with Crippen LogP contribution in [0.15, 0.2) is 42.5 Å². The standard InChI is InChI=1S/C18H23NO/c1-13-5-8-17(9-6-13)15(3)19-12-16-7-10-18(20-4)14(2)11-16/h5-11,15,19H,12H2,1-4H3. The van der Waals surface area contributed by atoms with E-state index in [-0.39, 0.29) is 0 Å². The monoisotopic (exact) mass is 269 g/mol. The second-order valence-electron chi connectivity index (χ2n) is 5.32. The Kier molecular flexibility index (Phi) is 4.80. The highest BCUT2D eigenvalue weighted by Crippen LogP contribution is 2.19. The number of rotatable bonds is 5. The van der Waals surface area contributed by atoms with E-state index in [1.807, 2.05) is 6.07 Å². The number of hydrogen-bond donors (Lipinski definition) is 1. The third-order valence-corrected chi connectivity index (χ3v) is 3.65. The van der Waals surface area contributed by atoms with Gasteiger partial charge in [-0.15, -0.1) is 0 Å². The summed E-state index contributed by atoms with van der Waals surface area (Å²) in [6.07, 6.45) is 0. The molecular formula is C18H23NO. The van der Waals surface area contributed by atoms with Crippen LogP contribution in [0.5, 0.6) is 5.75 Å². The van der Waals surface area contributed by atoms with Crippen LogP contribution in [0.25, 0.3) is 0 Å². The van der Waals surface area contributed by atoms with Crippen molar-refractivity contribution in [2.24, 2.45) is 0 Å². The first-order chi connectivity index (χ1) is 9.60. The minimum Gasteiger partial charge on any atom is -0.496 e. The molecule has 1 N–H and O–H groups in total. The Balaban J connectivity index is 1.97. The number of methoxy groups -OCH3 is 1. The van der Waals surface area contributed by atoms with E-state index in [0.717, 1.165) is 12.3 Å². The molecule has 106 valence electrons. The highest BCUT2D eigenvalue weighted by Gasteiger charge is 2.05. The normalized spacial score (nSPS) is 12.2. The van der Waals surface area contributed by atoms with Crippen molar-refractivity contribution in [1.82, 2.24) is 5.32 Å². The Labute approximate surface area is 121 Å². The fourth-order valence-corrected chi connectivity index (χ4v) is 2.29. The van der Waals surface area contributed by atoms with Crippen molar-refractivity contribution in [1.29, 1.82) is 0 Å². The molecule has 0 aliphatic rings. The largest absolute Gasteiger partial charge is 0.496 e. The molecule has 0 bridgehead atoms. The van der Waals surface area contributed by atoms with Crippen LogP contribution in [0.1, 0.15) is 35.2 Å². The zero-order valence-electron chi connectivity index (χ0n) is 12.7. The Bertz CT molecular complexity index is 560. The predicted octanol–water partition coefficient (Wildman–Crippen LogP) is 4.16. The average molecular weight is 269 g/mol. The molecule has 0 aliphatic heterocycles. The molecule has 0 saturated carbocycles. The SMILES string of the molecule is COc1ccc(CNC(C)c2ccc(C)cc2)cc1C. The van der Waals surface area contributed by atoms with Crippen molar-refractivity contribution in [3.05, 3.63) is 64.7 Å². The topological polar surface area (TPSA) is 21.3 Å². The molecule has 20 heavy (non-hydrogen) atoms. The van der Waals surface area contributed by atoms with E-state index in [1.54, 1.807) is 7.11 Å². The number of benzene rings is 2. The van der Waals surface area contributed by atoms with E-state index in [0.29, 0.717) is 6.04 Å². The van der Waals surface area contributed by atoms with Gasteiger partial charge in [0.05, 0.1) is 7.11 Å². The van der Waals surface area contributed by atoms with E-state index >= 15 is 0 Å². The van der Waals surface area contributed by atoms with Gasteiger partial charge in [0.1, 0.15) is 5.75 Å². The van der Waals surface area contributed by atoms with Crippen LogP contribution in [0.2, 0.25) is 0 Å². The molecule has 0 aromatic heterocycles. The molecule has 2 rings (SSSR count). The molecule has 2 aromatic carbocycles. The molecule has 0 spiro atoms. The highest BCUT2D eigenvalue weighted by atomic mass is 16.5. The molecule has 1 atom stereocenters. The summed E-state index contributed by atoms with van der Waals surface area (Å²) in [6, 6.07) is 15.4. The molecule has 0 saturated heterocycles.